The zero-order chi connectivity index (χ0) is 14.8. The van der Waals surface area contributed by atoms with E-state index in [2.05, 4.69) is 20.2 Å². The minimum absolute atomic E-state index is 0.366. The van der Waals surface area contributed by atoms with Crippen molar-refractivity contribution in [2.24, 2.45) is 0 Å². The van der Waals surface area contributed by atoms with Crippen molar-refractivity contribution < 1.29 is 9.47 Å². The molecule has 0 saturated heterocycles. The highest BCUT2D eigenvalue weighted by atomic mass is 35.5. The summed E-state index contributed by atoms with van der Waals surface area (Å²) >= 11 is 5.94. The van der Waals surface area contributed by atoms with E-state index in [1.165, 1.54) is 0 Å². The van der Waals surface area contributed by atoms with Gasteiger partial charge in [0, 0.05) is 25.8 Å². The molecule has 20 heavy (non-hydrogen) atoms. The topological polar surface area (TPSA) is 59.5 Å². The summed E-state index contributed by atoms with van der Waals surface area (Å²) in [6.45, 7) is 5.84. The Morgan fingerprint density at radius 3 is 2.75 bits per heavy atom. The van der Waals surface area contributed by atoms with E-state index in [9.17, 15) is 0 Å². The van der Waals surface area contributed by atoms with Crippen molar-refractivity contribution in [3.63, 3.8) is 0 Å². The third-order valence-electron chi connectivity index (χ3n) is 2.41. The molecule has 114 valence electrons. The molecular formula is C13H23ClN4O2. The lowest BCUT2D eigenvalue weighted by atomic mass is 10.5. The number of hydrogen-bond acceptors (Lipinski definition) is 6. The van der Waals surface area contributed by atoms with Gasteiger partial charge in [0.15, 0.2) is 5.82 Å². The average molecular weight is 303 g/mol. The van der Waals surface area contributed by atoms with Crippen molar-refractivity contribution >= 4 is 17.4 Å². The first-order valence-corrected chi connectivity index (χ1v) is 7.07. The van der Waals surface area contributed by atoms with Crippen molar-refractivity contribution in [2.75, 3.05) is 52.3 Å². The molecule has 1 N–H and O–H groups in total. The number of rotatable bonds is 10. The van der Waals surface area contributed by atoms with Crippen LogP contribution in [0.5, 0.6) is 0 Å². The Morgan fingerprint density at radius 2 is 2.05 bits per heavy atom. The van der Waals surface area contributed by atoms with E-state index in [0.29, 0.717) is 43.2 Å². The summed E-state index contributed by atoms with van der Waals surface area (Å²) in [5.74, 6) is 1.27. The van der Waals surface area contributed by atoms with E-state index in [1.54, 1.807) is 6.07 Å². The Balaban J connectivity index is 2.30. The molecule has 1 aromatic rings. The van der Waals surface area contributed by atoms with Crippen LogP contribution >= 0.6 is 11.6 Å². The van der Waals surface area contributed by atoms with Crippen LogP contribution in [0.2, 0.25) is 5.15 Å². The number of aromatic nitrogens is 2. The quantitative estimate of drug-likeness (QED) is 0.524. The van der Waals surface area contributed by atoms with Crippen LogP contribution in [0.4, 0.5) is 5.82 Å². The first-order valence-electron chi connectivity index (χ1n) is 6.69. The van der Waals surface area contributed by atoms with Gasteiger partial charge in [0.25, 0.3) is 0 Å². The van der Waals surface area contributed by atoms with Crippen molar-refractivity contribution in [1.29, 1.82) is 0 Å². The highest BCUT2D eigenvalue weighted by Gasteiger charge is 2.03. The van der Waals surface area contributed by atoms with Gasteiger partial charge in [-0.25, -0.2) is 9.97 Å². The largest absolute Gasteiger partial charge is 0.378 e. The SMILES string of the molecule is CCOCc1nc(Cl)cc(NCCOCCN(C)C)n1. The van der Waals surface area contributed by atoms with Crippen LogP contribution in [0.3, 0.4) is 0 Å². The first kappa shape index (κ1) is 17.1. The van der Waals surface area contributed by atoms with Crippen LogP contribution in [0, 0.1) is 0 Å². The third-order valence-corrected chi connectivity index (χ3v) is 2.61. The number of nitrogens with zero attached hydrogens (tertiary/aromatic N) is 3. The Kier molecular flexibility index (Phi) is 8.45. The molecule has 0 amide bonds. The number of ether oxygens (including phenoxy) is 2. The van der Waals surface area contributed by atoms with E-state index in [-0.39, 0.29) is 0 Å². The molecule has 0 saturated carbocycles. The van der Waals surface area contributed by atoms with Crippen molar-refractivity contribution in [3.8, 4) is 0 Å². The predicted octanol–water partition coefficient (Wildman–Crippen LogP) is 1.66. The van der Waals surface area contributed by atoms with Crippen LogP contribution in [0.15, 0.2) is 6.07 Å². The van der Waals surface area contributed by atoms with Gasteiger partial charge in [0.2, 0.25) is 0 Å². The van der Waals surface area contributed by atoms with Gasteiger partial charge in [-0.05, 0) is 21.0 Å². The highest BCUT2D eigenvalue weighted by Crippen LogP contribution is 2.11. The molecule has 0 radical (unpaired) electrons. The van der Waals surface area contributed by atoms with Gasteiger partial charge >= 0.3 is 0 Å². The standard InChI is InChI=1S/C13H23ClN4O2/c1-4-19-10-13-16-11(14)9-12(17-13)15-5-7-20-8-6-18(2)3/h9H,4-8,10H2,1-3H3,(H,15,16,17). The third kappa shape index (κ3) is 7.59. The molecule has 0 aliphatic carbocycles. The lowest BCUT2D eigenvalue weighted by Crippen LogP contribution is -2.20. The molecule has 7 heteroatoms. The fourth-order valence-corrected chi connectivity index (χ4v) is 1.61. The van der Waals surface area contributed by atoms with E-state index < -0.39 is 0 Å². The Bertz CT molecular complexity index is 391. The molecule has 0 spiro atoms. The van der Waals surface area contributed by atoms with Gasteiger partial charge in [-0.15, -0.1) is 0 Å². The van der Waals surface area contributed by atoms with Gasteiger partial charge in [0.05, 0.1) is 13.2 Å². The second kappa shape index (κ2) is 9.88. The molecule has 0 atom stereocenters. The van der Waals surface area contributed by atoms with E-state index in [1.807, 2.05) is 21.0 Å². The van der Waals surface area contributed by atoms with Crippen molar-refractivity contribution in [1.82, 2.24) is 14.9 Å². The van der Waals surface area contributed by atoms with Crippen LogP contribution in [0.1, 0.15) is 12.7 Å². The highest BCUT2D eigenvalue weighted by molar-refractivity contribution is 6.29. The molecule has 1 rings (SSSR count). The zero-order valence-electron chi connectivity index (χ0n) is 12.4. The van der Waals surface area contributed by atoms with E-state index in [0.717, 1.165) is 13.2 Å². The zero-order valence-corrected chi connectivity index (χ0v) is 13.1. The molecule has 0 unspecified atom stereocenters. The maximum atomic E-state index is 5.94. The molecule has 0 bridgehead atoms. The summed E-state index contributed by atoms with van der Waals surface area (Å²) in [5, 5.41) is 3.57. The van der Waals surface area contributed by atoms with Gasteiger partial charge in [-0.1, -0.05) is 11.6 Å². The smallest absolute Gasteiger partial charge is 0.158 e. The molecule has 0 fully saturated rings. The van der Waals surface area contributed by atoms with Crippen LogP contribution in [-0.4, -0.2) is 61.9 Å². The minimum atomic E-state index is 0.366. The summed E-state index contributed by atoms with van der Waals surface area (Å²) in [5.41, 5.74) is 0. The lowest BCUT2D eigenvalue weighted by Gasteiger charge is -2.11. The maximum Gasteiger partial charge on any atom is 0.158 e. The van der Waals surface area contributed by atoms with Crippen LogP contribution in [-0.2, 0) is 16.1 Å². The van der Waals surface area contributed by atoms with Gasteiger partial charge in [-0.2, -0.15) is 0 Å². The Labute approximate surface area is 125 Å². The van der Waals surface area contributed by atoms with Crippen LogP contribution in [0.25, 0.3) is 0 Å². The summed E-state index contributed by atoms with van der Waals surface area (Å²) in [4.78, 5) is 10.5. The summed E-state index contributed by atoms with van der Waals surface area (Å²) in [6.07, 6.45) is 0. The predicted molar refractivity (Wildman–Crippen MR) is 80.2 cm³/mol. The minimum Gasteiger partial charge on any atom is -0.378 e. The molecule has 0 aliphatic rings. The number of hydrogen-bond donors (Lipinski definition) is 1. The van der Waals surface area contributed by atoms with Crippen molar-refractivity contribution in [3.05, 3.63) is 17.0 Å². The van der Waals surface area contributed by atoms with Gasteiger partial charge in [-0.3, -0.25) is 0 Å². The summed E-state index contributed by atoms with van der Waals surface area (Å²) in [7, 11) is 4.04. The number of nitrogens with one attached hydrogen (secondary N) is 1. The van der Waals surface area contributed by atoms with E-state index >= 15 is 0 Å². The second-order valence-electron chi connectivity index (χ2n) is 4.47. The van der Waals surface area contributed by atoms with Gasteiger partial charge < -0.3 is 19.7 Å². The monoisotopic (exact) mass is 302 g/mol. The van der Waals surface area contributed by atoms with Gasteiger partial charge in [0.1, 0.15) is 17.6 Å². The molecule has 0 aromatic carbocycles. The average Bonchev–Trinajstić information content (AvgIpc) is 2.39. The fraction of sp³-hybridized carbons (Fsp3) is 0.692. The molecule has 6 nitrogen and oxygen atoms in total. The molecule has 1 heterocycles. The maximum absolute atomic E-state index is 5.94. The fourth-order valence-electron chi connectivity index (χ4n) is 1.41. The number of anilines is 1. The Morgan fingerprint density at radius 1 is 1.25 bits per heavy atom. The van der Waals surface area contributed by atoms with E-state index in [4.69, 9.17) is 21.1 Å². The molecular weight excluding hydrogens is 280 g/mol. The first-order chi connectivity index (χ1) is 9.61. The second-order valence-corrected chi connectivity index (χ2v) is 4.86. The normalized spacial score (nSPS) is 11.1. The molecule has 0 aliphatic heterocycles. The van der Waals surface area contributed by atoms with Crippen molar-refractivity contribution in [2.45, 2.75) is 13.5 Å². The van der Waals surface area contributed by atoms with Crippen LogP contribution < -0.4 is 5.32 Å². The number of likely N-dealkylation sites (N-methyl/N-ethyl adjacent to an activating group) is 1. The number of halogens is 1. The lowest BCUT2D eigenvalue weighted by molar-refractivity contribution is 0.126. The Hall–Kier alpha value is -0.950. The summed E-state index contributed by atoms with van der Waals surface area (Å²) < 4.78 is 10.8. The molecule has 1 aromatic heterocycles. The summed E-state index contributed by atoms with van der Waals surface area (Å²) in [6, 6.07) is 1.69.